The molecule has 0 bridgehead atoms. The Balaban J connectivity index is 2.86. The maximum atomic E-state index is 3.71. The Morgan fingerprint density at radius 3 is 2.47 bits per heavy atom. The summed E-state index contributed by atoms with van der Waals surface area (Å²) in [5.74, 6) is 1.13. The second-order valence-corrected chi connectivity index (χ2v) is 8.07. The van der Waals surface area contributed by atoms with Crippen LogP contribution in [0.2, 0.25) is 0 Å². The van der Waals surface area contributed by atoms with Crippen LogP contribution >= 0.6 is 11.8 Å². The zero-order valence-corrected chi connectivity index (χ0v) is 14.2. The van der Waals surface area contributed by atoms with E-state index in [1.165, 1.54) is 23.1 Å². The minimum absolute atomic E-state index is 0.323. The normalized spacial score (nSPS) is 13.6. The van der Waals surface area contributed by atoms with Crippen molar-refractivity contribution in [3.63, 3.8) is 0 Å². The van der Waals surface area contributed by atoms with E-state index in [0.29, 0.717) is 10.8 Å². The smallest absolute Gasteiger partial charge is 0.0414 e. The van der Waals surface area contributed by atoms with E-state index in [1.807, 2.05) is 11.8 Å². The maximum absolute atomic E-state index is 3.71. The van der Waals surface area contributed by atoms with Gasteiger partial charge in [0.05, 0.1) is 0 Å². The van der Waals surface area contributed by atoms with Crippen LogP contribution in [0.5, 0.6) is 0 Å². The lowest BCUT2D eigenvalue weighted by atomic mass is 9.98. The molecule has 0 aliphatic rings. The summed E-state index contributed by atoms with van der Waals surface area (Å²) in [6.45, 7) is 14.6. The van der Waals surface area contributed by atoms with Gasteiger partial charge in [-0.15, -0.1) is 0 Å². The van der Waals surface area contributed by atoms with Gasteiger partial charge in [-0.3, -0.25) is 0 Å². The molecule has 1 nitrogen and oxygen atoms in total. The zero-order valence-electron chi connectivity index (χ0n) is 13.3. The summed E-state index contributed by atoms with van der Waals surface area (Å²) in [5, 5.41) is 3.71. The van der Waals surface area contributed by atoms with Gasteiger partial charge in [-0.25, -0.2) is 0 Å². The number of rotatable bonds is 6. The minimum Gasteiger partial charge on any atom is -0.309 e. The van der Waals surface area contributed by atoms with Gasteiger partial charge in [-0.1, -0.05) is 45.9 Å². The highest BCUT2D eigenvalue weighted by Gasteiger charge is 2.18. The van der Waals surface area contributed by atoms with E-state index in [2.05, 4.69) is 65.1 Å². The topological polar surface area (TPSA) is 12.0 Å². The molecular formula is C17H29NS. The van der Waals surface area contributed by atoms with Crippen molar-refractivity contribution < 1.29 is 0 Å². The van der Waals surface area contributed by atoms with Crippen LogP contribution in [0.25, 0.3) is 0 Å². The molecule has 0 aromatic heterocycles. The van der Waals surface area contributed by atoms with Crippen LogP contribution in [0.4, 0.5) is 0 Å². The molecule has 0 radical (unpaired) electrons. The molecule has 0 aliphatic heterocycles. The fourth-order valence-corrected chi connectivity index (χ4v) is 3.03. The highest BCUT2D eigenvalue weighted by atomic mass is 32.2. The molecule has 0 heterocycles. The molecule has 1 N–H and O–H groups in total. The van der Waals surface area contributed by atoms with Crippen LogP contribution < -0.4 is 5.32 Å². The molecule has 108 valence electrons. The first-order chi connectivity index (χ1) is 8.85. The molecule has 0 aliphatic carbocycles. The summed E-state index contributed by atoms with van der Waals surface area (Å²) in [7, 11) is 0. The monoisotopic (exact) mass is 279 g/mol. The summed E-state index contributed by atoms with van der Waals surface area (Å²) in [6, 6.07) is 7.12. The minimum atomic E-state index is 0.323. The van der Waals surface area contributed by atoms with Gasteiger partial charge in [0.25, 0.3) is 0 Å². The number of thioether (sulfide) groups is 1. The van der Waals surface area contributed by atoms with Crippen molar-refractivity contribution in [3.8, 4) is 0 Å². The molecule has 0 amide bonds. The Labute approximate surface area is 123 Å². The van der Waals surface area contributed by atoms with Crippen LogP contribution in [-0.4, -0.2) is 17.0 Å². The molecular weight excluding hydrogens is 250 g/mol. The third kappa shape index (κ3) is 5.58. The molecule has 0 fully saturated rings. The third-order valence-corrected chi connectivity index (χ3v) is 4.71. The Morgan fingerprint density at radius 2 is 1.89 bits per heavy atom. The lowest BCUT2D eigenvalue weighted by Crippen LogP contribution is -2.26. The molecule has 0 spiro atoms. The predicted octanol–water partition coefficient (Wildman–Crippen LogP) is 4.88. The van der Waals surface area contributed by atoms with Gasteiger partial charge in [0, 0.05) is 16.5 Å². The SMILES string of the molecule is CCCNC(CSC(C)(C)C)c1cccc(C)c1C. The van der Waals surface area contributed by atoms with Crippen LogP contribution in [0.15, 0.2) is 18.2 Å². The van der Waals surface area contributed by atoms with Crippen LogP contribution in [0.1, 0.15) is 56.8 Å². The quantitative estimate of drug-likeness (QED) is 0.797. The first kappa shape index (κ1) is 16.6. The van der Waals surface area contributed by atoms with Gasteiger partial charge in [0.1, 0.15) is 0 Å². The van der Waals surface area contributed by atoms with E-state index in [1.54, 1.807) is 0 Å². The Kier molecular flexibility index (Phi) is 6.41. The number of hydrogen-bond donors (Lipinski definition) is 1. The number of nitrogens with one attached hydrogen (secondary N) is 1. The average molecular weight is 279 g/mol. The van der Waals surface area contributed by atoms with Crippen LogP contribution in [0.3, 0.4) is 0 Å². The molecule has 0 saturated heterocycles. The largest absolute Gasteiger partial charge is 0.309 e. The predicted molar refractivity (Wildman–Crippen MR) is 89.2 cm³/mol. The highest BCUT2D eigenvalue weighted by Crippen LogP contribution is 2.30. The van der Waals surface area contributed by atoms with Crippen LogP contribution in [-0.2, 0) is 0 Å². The molecule has 1 aromatic rings. The van der Waals surface area contributed by atoms with E-state index < -0.39 is 0 Å². The highest BCUT2D eigenvalue weighted by molar-refractivity contribution is 8.00. The van der Waals surface area contributed by atoms with Crippen LogP contribution in [0, 0.1) is 13.8 Å². The lowest BCUT2D eigenvalue weighted by molar-refractivity contribution is 0.573. The molecule has 1 aromatic carbocycles. The van der Waals surface area contributed by atoms with Gasteiger partial charge in [-0.05, 0) is 43.5 Å². The van der Waals surface area contributed by atoms with E-state index in [0.717, 1.165) is 12.3 Å². The van der Waals surface area contributed by atoms with Gasteiger partial charge in [-0.2, -0.15) is 11.8 Å². The Morgan fingerprint density at radius 1 is 1.21 bits per heavy atom. The van der Waals surface area contributed by atoms with Gasteiger partial charge in [0.2, 0.25) is 0 Å². The summed E-state index contributed by atoms with van der Waals surface area (Å²) < 4.78 is 0.323. The van der Waals surface area contributed by atoms with E-state index >= 15 is 0 Å². The van der Waals surface area contributed by atoms with Crippen molar-refractivity contribution in [2.45, 2.75) is 58.8 Å². The van der Waals surface area contributed by atoms with E-state index in [-0.39, 0.29) is 0 Å². The van der Waals surface area contributed by atoms with Crippen molar-refractivity contribution in [3.05, 3.63) is 34.9 Å². The van der Waals surface area contributed by atoms with Gasteiger partial charge < -0.3 is 5.32 Å². The molecule has 19 heavy (non-hydrogen) atoms. The van der Waals surface area contributed by atoms with Crippen molar-refractivity contribution in [1.82, 2.24) is 5.32 Å². The van der Waals surface area contributed by atoms with Crippen molar-refractivity contribution in [1.29, 1.82) is 0 Å². The summed E-state index contributed by atoms with van der Waals surface area (Å²) in [5.41, 5.74) is 4.29. The first-order valence-electron chi connectivity index (χ1n) is 7.28. The van der Waals surface area contributed by atoms with Crippen molar-refractivity contribution >= 4 is 11.8 Å². The number of aryl methyl sites for hydroxylation is 1. The molecule has 1 unspecified atom stereocenters. The average Bonchev–Trinajstić information content (AvgIpc) is 2.32. The summed E-state index contributed by atoms with van der Waals surface area (Å²) in [4.78, 5) is 0. The van der Waals surface area contributed by atoms with Crippen molar-refractivity contribution in [2.75, 3.05) is 12.3 Å². The molecule has 1 rings (SSSR count). The van der Waals surface area contributed by atoms with Crippen molar-refractivity contribution in [2.24, 2.45) is 0 Å². The Hall–Kier alpha value is -0.470. The number of benzene rings is 1. The second kappa shape index (κ2) is 7.35. The molecule has 0 saturated carbocycles. The number of hydrogen-bond acceptors (Lipinski definition) is 2. The summed E-state index contributed by atoms with van der Waals surface area (Å²) >= 11 is 2.04. The van der Waals surface area contributed by atoms with E-state index in [4.69, 9.17) is 0 Å². The fourth-order valence-electron chi connectivity index (χ4n) is 2.06. The van der Waals surface area contributed by atoms with Gasteiger partial charge >= 0.3 is 0 Å². The summed E-state index contributed by atoms with van der Waals surface area (Å²) in [6.07, 6.45) is 1.18. The standard InChI is InChI=1S/C17H29NS/c1-7-11-18-16(12-19-17(4,5)6)15-10-8-9-13(2)14(15)3/h8-10,16,18H,7,11-12H2,1-6H3. The Bertz CT molecular complexity index is 393. The van der Waals surface area contributed by atoms with Gasteiger partial charge in [0.15, 0.2) is 0 Å². The maximum Gasteiger partial charge on any atom is 0.0414 e. The molecule has 2 heteroatoms. The fraction of sp³-hybridized carbons (Fsp3) is 0.647. The second-order valence-electron chi connectivity index (χ2n) is 6.22. The third-order valence-electron chi connectivity index (χ3n) is 3.35. The molecule has 1 atom stereocenters. The zero-order chi connectivity index (χ0) is 14.5. The first-order valence-corrected chi connectivity index (χ1v) is 8.27. The lowest BCUT2D eigenvalue weighted by Gasteiger charge is -2.25. The van der Waals surface area contributed by atoms with E-state index in [9.17, 15) is 0 Å².